The van der Waals surface area contributed by atoms with Crippen molar-refractivity contribution in [3.63, 3.8) is 0 Å². The zero-order valence-corrected chi connectivity index (χ0v) is 19.4. The highest BCUT2D eigenvalue weighted by molar-refractivity contribution is 7.89. The highest BCUT2D eigenvalue weighted by Crippen LogP contribution is 2.30. The van der Waals surface area contributed by atoms with Crippen molar-refractivity contribution in [3.8, 4) is 5.75 Å². The van der Waals surface area contributed by atoms with Crippen molar-refractivity contribution in [2.75, 3.05) is 63.6 Å². The fourth-order valence-corrected chi connectivity index (χ4v) is 5.81. The van der Waals surface area contributed by atoms with Crippen molar-refractivity contribution >= 4 is 27.3 Å². The third kappa shape index (κ3) is 4.74. The lowest BCUT2D eigenvalue weighted by atomic mass is 10.2. The number of anilines is 2. The summed E-state index contributed by atoms with van der Waals surface area (Å²) >= 11 is 0. The van der Waals surface area contributed by atoms with Gasteiger partial charge in [-0.1, -0.05) is 0 Å². The van der Waals surface area contributed by atoms with Gasteiger partial charge in [0.15, 0.2) is 0 Å². The summed E-state index contributed by atoms with van der Waals surface area (Å²) in [7, 11) is -0.160. The summed E-state index contributed by atoms with van der Waals surface area (Å²) < 4.78 is 32.8. The molecule has 2 aliphatic rings. The van der Waals surface area contributed by atoms with Crippen LogP contribution in [0.15, 0.2) is 47.4 Å². The number of nitrogens with zero attached hydrogens (tertiary/aromatic N) is 3. The normalized spacial score (nSPS) is 18.0. The molecule has 2 fully saturated rings. The summed E-state index contributed by atoms with van der Waals surface area (Å²) in [5.74, 6) is -0.122. The van der Waals surface area contributed by atoms with Gasteiger partial charge in [0.05, 0.1) is 7.11 Å². The molecule has 172 valence electrons. The van der Waals surface area contributed by atoms with Gasteiger partial charge in [0, 0.05) is 56.2 Å². The Hall–Kier alpha value is -2.62. The zero-order valence-electron chi connectivity index (χ0n) is 18.6. The largest absolute Gasteiger partial charge is 0.495 e. The lowest BCUT2D eigenvalue weighted by molar-refractivity contribution is 0.102. The second kappa shape index (κ2) is 9.48. The Kier molecular flexibility index (Phi) is 6.68. The fraction of sp³-hybridized carbons (Fsp3) is 0.435. The van der Waals surface area contributed by atoms with Crippen molar-refractivity contribution in [2.45, 2.75) is 17.7 Å². The predicted molar refractivity (Wildman–Crippen MR) is 125 cm³/mol. The molecule has 4 rings (SSSR count). The van der Waals surface area contributed by atoms with Crippen LogP contribution in [0.3, 0.4) is 0 Å². The first-order valence-corrected chi connectivity index (χ1v) is 12.4. The Labute approximate surface area is 189 Å². The summed E-state index contributed by atoms with van der Waals surface area (Å²) in [5.41, 5.74) is 2.05. The van der Waals surface area contributed by atoms with Crippen LogP contribution in [-0.4, -0.2) is 77.0 Å². The van der Waals surface area contributed by atoms with Crippen LogP contribution < -0.4 is 15.0 Å². The van der Waals surface area contributed by atoms with Gasteiger partial charge in [0.2, 0.25) is 10.0 Å². The van der Waals surface area contributed by atoms with Gasteiger partial charge in [-0.25, -0.2) is 8.42 Å². The van der Waals surface area contributed by atoms with E-state index in [9.17, 15) is 13.2 Å². The van der Waals surface area contributed by atoms with Crippen LogP contribution in [0.25, 0.3) is 0 Å². The van der Waals surface area contributed by atoms with E-state index in [4.69, 9.17) is 4.74 Å². The first kappa shape index (κ1) is 22.6. The van der Waals surface area contributed by atoms with Crippen LogP contribution in [-0.2, 0) is 10.0 Å². The molecule has 2 aliphatic heterocycles. The van der Waals surface area contributed by atoms with Crippen molar-refractivity contribution in [3.05, 3.63) is 48.0 Å². The lowest BCUT2D eigenvalue weighted by Gasteiger charge is -2.34. The molecule has 2 aromatic rings. The maximum absolute atomic E-state index is 13.1. The molecule has 0 saturated carbocycles. The SMILES string of the molecule is COc1ccc(C(=O)Nc2ccc(N3CCN(C)CC3)cc2)cc1S(=O)(=O)N1CCCC1. The molecule has 2 saturated heterocycles. The van der Waals surface area contributed by atoms with Gasteiger partial charge >= 0.3 is 0 Å². The number of carbonyl (C=O) groups is 1. The second-order valence-corrected chi connectivity index (χ2v) is 10.2. The molecule has 2 aromatic carbocycles. The van der Waals surface area contributed by atoms with Crippen LogP contribution >= 0.6 is 0 Å². The zero-order chi connectivity index (χ0) is 22.7. The summed E-state index contributed by atoms with van der Waals surface area (Å²) in [4.78, 5) is 17.5. The first-order chi connectivity index (χ1) is 15.4. The number of benzene rings is 2. The monoisotopic (exact) mass is 458 g/mol. The van der Waals surface area contributed by atoms with E-state index < -0.39 is 10.0 Å². The number of methoxy groups -OCH3 is 1. The van der Waals surface area contributed by atoms with Crippen LogP contribution in [0.1, 0.15) is 23.2 Å². The summed E-state index contributed by atoms with van der Waals surface area (Å²) in [6.07, 6.45) is 1.68. The van der Waals surface area contributed by atoms with Gasteiger partial charge < -0.3 is 19.9 Å². The van der Waals surface area contributed by atoms with E-state index in [0.29, 0.717) is 18.8 Å². The molecule has 2 heterocycles. The van der Waals surface area contributed by atoms with E-state index in [0.717, 1.165) is 44.7 Å². The molecule has 0 spiro atoms. The number of ether oxygens (including phenoxy) is 1. The Morgan fingerprint density at radius 2 is 1.59 bits per heavy atom. The summed E-state index contributed by atoms with van der Waals surface area (Å²) in [6, 6.07) is 12.3. The molecule has 0 aliphatic carbocycles. The number of hydrogen-bond donors (Lipinski definition) is 1. The summed E-state index contributed by atoms with van der Waals surface area (Å²) in [6.45, 7) is 4.98. The summed E-state index contributed by atoms with van der Waals surface area (Å²) in [5, 5.41) is 2.87. The number of nitrogens with one attached hydrogen (secondary N) is 1. The number of amides is 1. The molecule has 1 N–H and O–H groups in total. The van der Waals surface area contributed by atoms with E-state index in [1.165, 1.54) is 23.5 Å². The molecular weight excluding hydrogens is 428 g/mol. The van der Waals surface area contributed by atoms with Gasteiger partial charge in [-0.15, -0.1) is 0 Å². The predicted octanol–water partition coefficient (Wildman–Crippen LogP) is 2.48. The first-order valence-electron chi connectivity index (χ1n) is 10.9. The minimum absolute atomic E-state index is 0.0277. The van der Waals surface area contributed by atoms with Crippen LogP contribution in [0.5, 0.6) is 5.75 Å². The lowest BCUT2D eigenvalue weighted by Crippen LogP contribution is -2.44. The minimum Gasteiger partial charge on any atom is -0.495 e. The molecule has 9 heteroatoms. The van der Waals surface area contributed by atoms with Gasteiger partial charge in [0.1, 0.15) is 10.6 Å². The molecule has 0 atom stereocenters. The standard InChI is InChI=1S/C23H30N4O4S/c1-25-13-15-26(16-14-25)20-8-6-19(7-9-20)24-23(28)18-5-10-21(31-2)22(17-18)32(29,30)27-11-3-4-12-27/h5-10,17H,3-4,11-16H2,1-2H3,(H,24,28). The Morgan fingerprint density at radius 3 is 2.22 bits per heavy atom. The second-order valence-electron chi connectivity index (χ2n) is 8.27. The van der Waals surface area contributed by atoms with Crippen LogP contribution in [0.4, 0.5) is 11.4 Å². The fourth-order valence-electron chi connectivity index (χ4n) is 4.11. The number of piperazine rings is 1. The number of sulfonamides is 1. The Morgan fingerprint density at radius 1 is 0.938 bits per heavy atom. The van der Waals surface area contributed by atoms with Gasteiger partial charge in [-0.3, -0.25) is 4.79 Å². The molecule has 0 unspecified atom stereocenters. The molecule has 32 heavy (non-hydrogen) atoms. The maximum Gasteiger partial charge on any atom is 0.255 e. The number of hydrogen-bond acceptors (Lipinski definition) is 6. The van der Waals surface area contributed by atoms with Crippen molar-refractivity contribution in [2.24, 2.45) is 0 Å². The Bertz CT molecular complexity index is 1060. The van der Waals surface area contributed by atoms with E-state index in [1.54, 1.807) is 6.07 Å². The van der Waals surface area contributed by atoms with Gasteiger partial charge in [-0.2, -0.15) is 4.31 Å². The molecule has 0 bridgehead atoms. The number of carbonyl (C=O) groups excluding carboxylic acids is 1. The van der Waals surface area contributed by atoms with Gasteiger partial charge in [-0.05, 0) is 62.4 Å². The molecule has 0 aromatic heterocycles. The highest BCUT2D eigenvalue weighted by atomic mass is 32.2. The van der Waals surface area contributed by atoms with Crippen molar-refractivity contribution in [1.29, 1.82) is 0 Å². The third-order valence-corrected chi connectivity index (χ3v) is 8.02. The topological polar surface area (TPSA) is 82.2 Å². The van der Waals surface area contributed by atoms with Crippen LogP contribution in [0.2, 0.25) is 0 Å². The molecule has 8 nitrogen and oxygen atoms in total. The van der Waals surface area contributed by atoms with Crippen molar-refractivity contribution in [1.82, 2.24) is 9.21 Å². The quantitative estimate of drug-likeness (QED) is 0.716. The average Bonchev–Trinajstić information content (AvgIpc) is 3.36. The number of rotatable bonds is 6. The Balaban J connectivity index is 1.50. The molecule has 0 radical (unpaired) electrons. The maximum atomic E-state index is 13.1. The van der Waals surface area contributed by atoms with E-state index in [-0.39, 0.29) is 22.1 Å². The van der Waals surface area contributed by atoms with Gasteiger partial charge in [0.25, 0.3) is 5.91 Å². The minimum atomic E-state index is -3.71. The molecular formula is C23H30N4O4S. The van der Waals surface area contributed by atoms with Crippen LogP contribution in [0, 0.1) is 0 Å². The smallest absolute Gasteiger partial charge is 0.255 e. The van der Waals surface area contributed by atoms with E-state index in [1.807, 2.05) is 24.3 Å². The van der Waals surface area contributed by atoms with E-state index in [2.05, 4.69) is 22.2 Å². The highest BCUT2D eigenvalue weighted by Gasteiger charge is 2.30. The van der Waals surface area contributed by atoms with Crippen molar-refractivity contribution < 1.29 is 17.9 Å². The van der Waals surface area contributed by atoms with E-state index >= 15 is 0 Å². The molecule has 1 amide bonds. The third-order valence-electron chi connectivity index (χ3n) is 6.10. The number of likely N-dealkylation sites (N-methyl/N-ethyl adjacent to an activating group) is 1. The average molecular weight is 459 g/mol.